The average molecular weight is 863 g/mol. The number of hydrogen-bond acceptors (Lipinski definition) is 17. The lowest BCUT2D eigenvalue weighted by atomic mass is 9.82. The Hall–Kier alpha value is -2.24. The van der Waals surface area contributed by atoms with Crippen LogP contribution in [0.15, 0.2) is 60.7 Å². The van der Waals surface area contributed by atoms with Crippen LogP contribution in [0.1, 0.15) is 25.0 Å². The highest BCUT2D eigenvalue weighted by molar-refractivity contribution is 5.16. The molecule has 10 rings (SSSR count). The van der Waals surface area contributed by atoms with Gasteiger partial charge < -0.3 is 80.5 Å². The van der Waals surface area contributed by atoms with Crippen LogP contribution in [0.2, 0.25) is 0 Å². The Balaban J connectivity index is 0.839. The molecule has 8 aliphatic rings. The van der Waals surface area contributed by atoms with E-state index in [-0.39, 0.29) is 25.4 Å². The van der Waals surface area contributed by atoms with E-state index in [9.17, 15) is 0 Å². The molecular formula is C44H62O17. The molecule has 61 heavy (non-hydrogen) atoms. The van der Waals surface area contributed by atoms with E-state index < -0.39 is 86.2 Å². The molecule has 8 fully saturated rings. The van der Waals surface area contributed by atoms with Crippen molar-refractivity contribution in [3.8, 4) is 0 Å². The summed E-state index contributed by atoms with van der Waals surface area (Å²) in [7, 11) is 3.29. The number of methoxy groups -OCH3 is 2. The monoisotopic (exact) mass is 862 g/mol. The van der Waals surface area contributed by atoms with Crippen LogP contribution in [0.3, 0.4) is 0 Å². The van der Waals surface area contributed by atoms with E-state index in [4.69, 9.17) is 80.5 Å². The van der Waals surface area contributed by atoms with Crippen LogP contribution in [0.25, 0.3) is 0 Å². The lowest BCUT2D eigenvalue weighted by Gasteiger charge is -2.58. The molecule has 0 spiro atoms. The van der Waals surface area contributed by atoms with Crippen molar-refractivity contribution >= 4 is 0 Å². The fraction of sp³-hybridized carbons (Fsp3) is 0.727. The molecule has 2 aliphatic carbocycles. The molecule has 17 heteroatoms. The van der Waals surface area contributed by atoms with Crippen LogP contribution in [-0.4, -0.2) is 179 Å². The maximum Gasteiger partial charge on any atom is 0.272 e. The van der Waals surface area contributed by atoms with Crippen molar-refractivity contribution < 1.29 is 80.5 Å². The number of hydrogen-bond donors (Lipinski definition) is 0. The zero-order valence-electron chi connectivity index (χ0n) is 35.4. The van der Waals surface area contributed by atoms with Crippen LogP contribution in [-0.2, 0) is 93.7 Å². The summed E-state index contributed by atoms with van der Waals surface area (Å²) in [6.45, 7) is 6.55. The molecule has 2 aromatic rings. The minimum atomic E-state index is -0.833. The SMILES string of the molecule is COC[C@@H](C)OCCOC1C2OC3OC1C(OCCO[C@H](C)COC)[C@@H](O3)C2OCCOCCOC1C2OC3OC1[C@H](OCc1ccccc1)C(O3)C2OCc1ccccc1. The Morgan fingerprint density at radius 2 is 0.721 bits per heavy atom. The third-order valence-electron chi connectivity index (χ3n) is 11.5. The second-order valence-electron chi connectivity index (χ2n) is 15.9. The smallest absolute Gasteiger partial charge is 0.272 e. The van der Waals surface area contributed by atoms with Gasteiger partial charge in [0.05, 0.1) is 91.5 Å². The summed E-state index contributed by atoms with van der Waals surface area (Å²) in [6, 6.07) is 20.0. The van der Waals surface area contributed by atoms with Gasteiger partial charge in [-0.1, -0.05) is 60.7 Å². The third kappa shape index (κ3) is 11.4. The van der Waals surface area contributed by atoms with E-state index in [1.807, 2.05) is 74.5 Å². The molecule has 340 valence electrons. The quantitative estimate of drug-likeness (QED) is 0.115. The van der Waals surface area contributed by atoms with Gasteiger partial charge in [-0.2, -0.15) is 0 Å². The normalized spacial score (nSPS) is 35.5. The summed E-state index contributed by atoms with van der Waals surface area (Å²) >= 11 is 0. The maximum atomic E-state index is 6.50. The lowest BCUT2D eigenvalue weighted by molar-refractivity contribution is -0.489. The minimum Gasteiger partial charge on any atom is -0.382 e. The fourth-order valence-corrected chi connectivity index (χ4v) is 8.83. The molecule has 6 saturated heterocycles. The standard InChI is InChI=1S/C44H62O17/c1-27(23-45-3)48-19-21-52-32-37-31(38-33(39(32)58-43(56-37)57-38)53-22-20-49-28(2)24-46-4)50-17-15-47-16-18-51-34-40-35(54-25-29-11-7-5-8-12-29)42-36(41(34)60-44(59-40)61-42)55-26-30-13-9-6-10-14-30/h5-14,27-28,31-44H,15-26H2,1-4H3/t27-,28-,31?,32?,33?,34?,35+,36?,37+,38?,39?,40?,41?,42?,43?,44?/m1/s1. The highest BCUT2D eigenvalue weighted by Crippen LogP contribution is 2.45. The van der Waals surface area contributed by atoms with Crippen LogP contribution in [0, 0.1) is 0 Å². The minimum absolute atomic E-state index is 0.0677. The van der Waals surface area contributed by atoms with Gasteiger partial charge in [-0.3, -0.25) is 0 Å². The van der Waals surface area contributed by atoms with Gasteiger partial charge in [0.1, 0.15) is 73.2 Å². The molecule has 6 heterocycles. The molecule has 0 aromatic heterocycles. The van der Waals surface area contributed by atoms with Crippen molar-refractivity contribution in [2.75, 3.05) is 80.3 Å². The van der Waals surface area contributed by atoms with E-state index in [0.29, 0.717) is 66.1 Å². The van der Waals surface area contributed by atoms with E-state index in [0.717, 1.165) is 11.1 Å². The summed E-state index contributed by atoms with van der Waals surface area (Å²) in [4.78, 5) is 0. The van der Waals surface area contributed by atoms with Crippen molar-refractivity contribution in [3.63, 3.8) is 0 Å². The van der Waals surface area contributed by atoms with Gasteiger partial charge in [-0.05, 0) is 25.0 Å². The molecular weight excluding hydrogens is 800 g/mol. The Kier molecular flexibility index (Phi) is 16.8. The molecule has 0 radical (unpaired) electrons. The second kappa shape index (κ2) is 22.6. The molecule has 2 saturated carbocycles. The van der Waals surface area contributed by atoms with E-state index in [2.05, 4.69) is 0 Å². The van der Waals surface area contributed by atoms with Crippen LogP contribution in [0.4, 0.5) is 0 Å². The van der Waals surface area contributed by atoms with Gasteiger partial charge in [0.25, 0.3) is 13.0 Å². The molecule has 16 atom stereocenters. The first kappa shape index (κ1) is 45.3. The molecule has 6 aliphatic heterocycles. The maximum absolute atomic E-state index is 6.50. The van der Waals surface area contributed by atoms with Crippen molar-refractivity contribution in [2.45, 2.75) is 125 Å². The first-order valence-electron chi connectivity index (χ1n) is 21.5. The average Bonchev–Trinajstić information content (AvgIpc) is 3.27. The van der Waals surface area contributed by atoms with Gasteiger partial charge in [0, 0.05) is 14.2 Å². The largest absolute Gasteiger partial charge is 0.382 e. The third-order valence-corrected chi connectivity index (χ3v) is 11.5. The summed E-state index contributed by atoms with van der Waals surface area (Å²) in [5.41, 5.74) is 2.09. The van der Waals surface area contributed by atoms with Gasteiger partial charge in [-0.25, -0.2) is 0 Å². The topological polar surface area (TPSA) is 157 Å². The predicted molar refractivity (Wildman–Crippen MR) is 211 cm³/mol. The molecule has 17 nitrogen and oxygen atoms in total. The summed E-state index contributed by atoms with van der Waals surface area (Å²) in [5, 5.41) is 0. The lowest BCUT2D eigenvalue weighted by Crippen LogP contribution is -2.76. The van der Waals surface area contributed by atoms with Gasteiger partial charge in [0.2, 0.25) is 0 Å². The van der Waals surface area contributed by atoms with E-state index >= 15 is 0 Å². The van der Waals surface area contributed by atoms with Crippen molar-refractivity contribution in [1.29, 1.82) is 0 Å². The van der Waals surface area contributed by atoms with E-state index in [1.165, 1.54) is 0 Å². The Labute approximate surface area is 357 Å². The van der Waals surface area contributed by atoms with E-state index in [1.54, 1.807) is 14.2 Å². The number of benzene rings is 2. The van der Waals surface area contributed by atoms with Crippen molar-refractivity contribution in [3.05, 3.63) is 71.8 Å². The number of rotatable bonds is 28. The molecule has 12 unspecified atom stereocenters. The fourth-order valence-electron chi connectivity index (χ4n) is 8.83. The highest BCUT2D eigenvalue weighted by Gasteiger charge is 2.65. The second-order valence-corrected chi connectivity index (χ2v) is 15.9. The van der Waals surface area contributed by atoms with Crippen LogP contribution in [0.5, 0.6) is 0 Å². The summed E-state index contributed by atoms with van der Waals surface area (Å²) in [5.74, 6) is 0. The Bertz CT molecular complexity index is 1460. The first-order valence-corrected chi connectivity index (χ1v) is 21.5. The van der Waals surface area contributed by atoms with Crippen LogP contribution < -0.4 is 0 Å². The molecule has 0 amide bonds. The summed E-state index contributed by atoms with van der Waals surface area (Å²) < 4.78 is 104. The zero-order valence-corrected chi connectivity index (χ0v) is 35.4. The molecule has 8 bridgehead atoms. The predicted octanol–water partition coefficient (Wildman–Crippen LogP) is 2.78. The molecule has 2 aromatic carbocycles. The van der Waals surface area contributed by atoms with Gasteiger partial charge in [-0.15, -0.1) is 0 Å². The summed E-state index contributed by atoms with van der Waals surface area (Å²) in [6.07, 6.45) is -5.50. The highest BCUT2D eigenvalue weighted by atomic mass is 16.9. The van der Waals surface area contributed by atoms with Gasteiger partial charge >= 0.3 is 0 Å². The van der Waals surface area contributed by atoms with Gasteiger partial charge in [0.15, 0.2) is 0 Å². The van der Waals surface area contributed by atoms with Crippen molar-refractivity contribution in [2.24, 2.45) is 0 Å². The number of ether oxygens (including phenoxy) is 17. The molecule has 0 N–H and O–H groups in total. The Morgan fingerprint density at radius 3 is 1.05 bits per heavy atom. The van der Waals surface area contributed by atoms with Crippen molar-refractivity contribution in [1.82, 2.24) is 0 Å². The Morgan fingerprint density at radius 1 is 0.410 bits per heavy atom. The first-order chi connectivity index (χ1) is 30.0. The zero-order chi connectivity index (χ0) is 42.0. The van der Waals surface area contributed by atoms with Crippen LogP contribution >= 0.6 is 0 Å².